The lowest BCUT2D eigenvalue weighted by molar-refractivity contribution is -0.129. The van der Waals surface area contributed by atoms with E-state index < -0.39 is 6.10 Å². The number of hydrogen-bond acceptors (Lipinski definition) is 6. The van der Waals surface area contributed by atoms with Gasteiger partial charge in [-0.3, -0.25) is 4.79 Å². The lowest BCUT2D eigenvalue weighted by Gasteiger charge is -2.25. The highest BCUT2D eigenvalue weighted by Crippen LogP contribution is 2.34. The number of aliphatic hydroxyl groups is 1. The SMILES string of the molecule is COc1ccc(CN2C(=O)CC[C@@H]2C=C(c2ccc(C(C)(C)C)cc2)c2ccc(C(C)O)c(OC)n2)c(OC)c1. The van der Waals surface area contributed by atoms with Crippen LogP contribution in [0.2, 0.25) is 0 Å². The third-order valence-corrected chi connectivity index (χ3v) is 7.44. The molecule has 1 aliphatic rings. The largest absolute Gasteiger partial charge is 0.497 e. The Hall–Kier alpha value is -3.84. The van der Waals surface area contributed by atoms with Gasteiger partial charge in [0.1, 0.15) is 11.5 Å². The Kier molecular flexibility index (Phi) is 8.84. The molecule has 0 radical (unpaired) electrons. The lowest BCUT2D eigenvalue weighted by atomic mass is 9.86. The first-order valence-corrected chi connectivity index (χ1v) is 13.6. The molecule has 1 fully saturated rings. The molecule has 1 N–H and O–H groups in total. The van der Waals surface area contributed by atoms with Crippen LogP contribution in [-0.2, 0) is 16.8 Å². The van der Waals surface area contributed by atoms with Crippen molar-refractivity contribution >= 4 is 11.5 Å². The average molecular weight is 545 g/mol. The monoisotopic (exact) mass is 544 g/mol. The van der Waals surface area contributed by atoms with Crippen LogP contribution in [0.4, 0.5) is 0 Å². The predicted molar refractivity (Wildman–Crippen MR) is 157 cm³/mol. The Morgan fingerprint density at radius 3 is 2.38 bits per heavy atom. The van der Waals surface area contributed by atoms with Crippen molar-refractivity contribution < 1.29 is 24.1 Å². The Morgan fingerprint density at radius 2 is 1.77 bits per heavy atom. The van der Waals surface area contributed by atoms with Crippen LogP contribution in [0.3, 0.4) is 0 Å². The van der Waals surface area contributed by atoms with Gasteiger partial charge in [-0.2, -0.15) is 0 Å². The van der Waals surface area contributed by atoms with Crippen LogP contribution in [0.25, 0.3) is 5.57 Å². The number of benzene rings is 2. The number of likely N-dealkylation sites (tertiary alicyclic amines) is 1. The summed E-state index contributed by atoms with van der Waals surface area (Å²) in [6.45, 7) is 8.68. The third-order valence-electron chi connectivity index (χ3n) is 7.44. The van der Waals surface area contributed by atoms with Crippen molar-refractivity contribution in [3.05, 3.63) is 88.6 Å². The van der Waals surface area contributed by atoms with E-state index in [2.05, 4.69) is 51.1 Å². The van der Waals surface area contributed by atoms with E-state index in [0.717, 1.165) is 16.7 Å². The molecule has 7 nitrogen and oxygen atoms in total. The minimum absolute atomic E-state index is 0.0227. The highest BCUT2D eigenvalue weighted by atomic mass is 16.5. The van der Waals surface area contributed by atoms with Gasteiger partial charge in [0.15, 0.2) is 0 Å². The van der Waals surface area contributed by atoms with Crippen LogP contribution in [0, 0.1) is 0 Å². The van der Waals surface area contributed by atoms with Crippen LogP contribution in [-0.4, -0.2) is 48.3 Å². The van der Waals surface area contributed by atoms with Crippen molar-refractivity contribution in [3.8, 4) is 17.4 Å². The fourth-order valence-corrected chi connectivity index (χ4v) is 5.05. The molecule has 0 spiro atoms. The van der Waals surface area contributed by atoms with Crippen LogP contribution >= 0.6 is 0 Å². The number of nitrogens with zero attached hydrogens (tertiary/aromatic N) is 2. The lowest BCUT2D eigenvalue weighted by Crippen LogP contribution is -2.31. The molecule has 7 heteroatoms. The molecule has 1 aromatic heterocycles. The molecule has 1 unspecified atom stereocenters. The van der Waals surface area contributed by atoms with Gasteiger partial charge in [0.05, 0.1) is 39.2 Å². The van der Waals surface area contributed by atoms with Crippen LogP contribution in [0.15, 0.2) is 60.7 Å². The maximum Gasteiger partial charge on any atom is 0.223 e. The first kappa shape index (κ1) is 29.2. The topological polar surface area (TPSA) is 81.1 Å². The van der Waals surface area contributed by atoms with Gasteiger partial charge in [0.2, 0.25) is 11.8 Å². The van der Waals surface area contributed by atoms with Crippen molar-refractivity contribution in [1.29, 1.82) is 0 Å². The van der Waals surface area contributed by atoms with Crippen LogP contribution in [0.5, 0.6) is 17.4 Å². The second-order valence-electron chi connectivity index (χ2n) is 11.2. The summed E-state index contributed by atoms with van der Waals surface area (Å²) in [5.41, 5.74) is 5.40. The summed E-state index contributed by atoms with van der Waals surface area (Å²) in [5.74, 6) is 1.86. The summed E-state index contributed by atoms with van der Waals surface area (Å²) in [6, 6.07) is 17.8. The number of carbonyl (C=O) groups excluding carboxylic acids is 1. The molecule has 2 aromatic carbocycles. The number of aromatic nitrogens is 1. The maximum atomic E-state index is 13.1. The second-order valence-corrected chi connectivity index (χ2v) is 11.2. The fraction of sp³-hybridized carbons (Fsp3) is 0.394. The molecule has 2 atom stereocenters. The van der Waals surface area contributed by atoms with Gasteiger partial charge < -0.3 is 24.2 Å². The summed E-state index contributed by atoms with van der Waals surface area (Å²) >= 11 is 0. The predicted octanol–water partition coefficient (Wildman–Crippen LogP) is 6.08. The first-order chi connectivity index (χ1) is 19.0. The van der Waals surface area contributed by atoms with Crippen molar-refractivity contribution in [2.45, 2.75) is 64.6 Å². The number of methoxy groups -OCH3 is 3. The number of pyridine rings is 1. The van der Waals surface area contributed by atoms with E-state index in [1.165, 1.54) is 5.56 Å². The zero-order valence-electron chi connectivity index (χ0n) is 24.5. The van der Waals surface area contributed by atoms with Gasteiger partial charge in [-0.05, 0) is 54.2 Å². The van der Waals surface area contributed by atoms with E-state index in [1.54, 1.807) is 28.3 Å². The Morgan fingerprint density at radius 1 is 1.05 bits per heavy atom. The van der Waals surface area contributed by atoms with E-state index in [4.69, 9.17) is 19.2 Å². The Bertz CT molecular complexity index is 1370. The molecule has 0 saturated carbocycles. The first-order valence-electron chi connectivity index (χ1n) is 13.6. The smallest absolute Gasteiger partial charge is 0.223 e. The molecule has 0 aliphatic carbocycles. The van der Waals surface area contributed by atoms with Crippen LogP contribution < -0.4 is 14.2 Å². The average Bonchev–Trinajstić information content (AvgIpc) is 3.29. The molecule has 1 amide bonds. The summed E-state index contributed by atoms with van der Waals surface area (Å²) in [6.07, 6.45) is 2.59. The third kappa shape index (κ3) is 6.31. The van der Waals surface area contributed by atoms with E-state index >= 15 is 0 Å². The van der Waals surface area contributed by atoms with Crippen molar-refractivity contribution in [1.82, 2.24) is 9.88 Å². The molecule has 3 aromatic rings. The highest BCUT2D eigenvalue weighted by Gasteiger charge is 2.31. The standard InChI is InChI=1S/C33H40N2O5/c1-21(36)27-15-16-29(34-32(27)40-7)28(22-8-11-24(12-9-22)33(2,3)4)18-25-13-17-31(37)35(25)20-23-10-14-26(38-5)19-30(23)39-6/h8-12,14-16,18-19,21,25,36H,13,17,20H2,1-7H3/t21?,25-/m1/s1. The Balaban J connectivity index is 1.78. The van der Waals surface area contributed by atoms with Gasteiger partial charge in [-0.15, -0.1) is 0 Å². The van der Waals surface area contributed by atoms with E-state index in [-0.39, 0.29) is 17.4 Å². The van der Waals surface area contributed by atoms with Crippen molar-refractivity contribution in [2.24, 2.45) is 0 Å². The summed E-state index contributed by atoms with van der Waals surface area (Å²) in [4.78, 5) is 19.8. The zero-order chi connectivity index (χ0) is 29.0. The molecule has 1 saturated heterocycles. The quantitative estimate of drug-likeness (QED) is 0.352. The Labute approximate surface area is 237 Å². The normalized spacial score (nSPS) is 16.7. The molecule has 1 aliphatic heterocycles. The molecule has 212 valence electrons. The van der Waals surface area contributed by atoms with E-state index in [0.29, 0.717) is 48.0 Å². The van der Waals surface area contributed by atoms with Crippen molar-refractivity contribution in [3.63, 3.8) is 0 Å². The number of ether oxygens (including phenoxy) is 3. The van der Waals surface area contributed by atoms with Gasteiger partial charge in [-0.25, -0.2) is 4.98 Å². The summed E-state index contributed by atoms with van der Waals surface area (Å²) in [7, 11) is 4.79. The van der Waals surface area contributed by atoms with Gasteiger partial charge >= 0.3 is 0 Å². The molecular formula is C33H40N2O5. The van der Waals surface area contributed by atoms with Gasteiger partial charge in [-0.1, -0.05) is 51.1 Å². The molecule has 2 heterocycles. The second kappa shape index (κ2) is 12.1. The molecular weight excluding hydrogens is 504 g/mol. The van der Waals surface area contributed by atoms with E-state index in [9.17, 15) is 9.90 Å². The number of hydrogen-bond donors (Lipinski definition) is 1. The molecule has 40 heavy (non-hydrogen) atoms. The maximum absolute atomic E-state index is 13.1. The highest BCUT2D eigenvalue weighted by molar-refractivity contribution is 5.83. The number of rotatable bonds is 9. The van der Waals surface area contributed by atoms with Gasteiger partial charge in [0.25, 0.3) is 0 Å². The minimum atomic E-state index is -0.711. The minimum Gasteiger partial charge on any atom is -0.497 e. The fourth-order valence-electron chi connectivity index (χ4n) is 5.05. The zero-order valence-corrected chi connectivity index (χ0v) is 24.5. The summed E-state index contributed by atoms with van der Waals surface area (Å²) < 4.78 is 16.5. The number of amides is 1. The molecule has 0 bridgehead atoms. The molecule has 4 rings (SSSR count). The number of carbonyl (C=O) groups is 1. The van der Waals surface area contributed by atoms with Crippen LogP contribution in [0.1, 0.15) is 74.6 Å². The van der Waals surface area contributed by atoms with E-state index in [1.807, 2.05) is 35.2 Å². The number of aliphatic hydroxyl groups excluding tert-OH is 1. The summed E-state index contributed by atoms with van der Waals surface area (Å²) in [5, 5.41) is 10.2. The van der Waals surface area contributed by atoms with Crippen molar-refractivity contribution in [2.75, 3.05) is 21.3 Å². The van der Waals surface area contributed by atoms with Gasteiger partial charge in [0, 0.05) is 35.7 Å².